The zero-order valence-corrected chi connectivity index (χ0v) is 20.6. The molecule has 6 rings (SSSR count). The van der Waals surface area contributed by atoms with Crippen molar-refractivity contribution in [1.29, 1.82) is 0 Å². The number of fused-ring (bicyclic) bond motifs is 2. The number of likely N-dealkylation sites (N-methyl/N-ethyl adjacent to an activating group) is 1. The Labute approximate surface area is 210 Å². The van der Waals surface area contributed by atoms with Crippen LogP contribution in [0.1, 0.15) is 41.6 Å². The molecule has 1 aromatic heterocycles. The van der Waals surface area contributed by atoms with E-state index in [1.165, 1.54) is 29.4 Å². The molecule has 0 unspecified atom stereocenters. The monoisotopic (exact) mass is 487 g/mol. The van der Waals surface area contributed by atoms with Gasteiger partial charge in [0, 0.05) is 79.1 Å². The number of hydrogen-bond acceptors (Lipinski definition) is 6. The Morgan fingerprint density at radius 1 is 1.14 bits per heavy atom. The van der Waals surface area contributed by atoms with E-state index in [0.29, 0.717) is 28.7 Å². The zero-order chi connectivity index (χ0) is 25.0. The Balaban J connectivity index is 1.30. The minimum Gasteiger partial charge on any atom is -0.395 e. The molecule has 0 radical (unpaired) electrons. The van der Waals surface area contributed by atoms with Crippen LogP contribution in [0.4, 0.5) is 21.7 Å². The summed E-state index contributed by atoms with van der Waals surface area (Å²) in [4.78, 5) is 27.9. The van der Waals surface area contributed by atoms with Crippen LogP contribution in [0, 0.1) is 5.82 Å². The summed E-state index contributed by atoms with van der Waals surface area (Å²) in [6, 6.07) is 11.6. The Kier molecular flexibility index (Phi) is 5.44. The third kappa shape index (κ3) is 3.89. The van der Waals surface area contributed by atoms with E-state index in [1.54, 1.807) is 19.4 Å². The number of benzene rings is 2. The SMILES string of the molecule is CN(CCO)C(=O)c1ccc2c(c1)N(c1ncc(-c3cc(N(C)C4CC4)ccc3F)cn1)CC21CC1. The molecule has 3 aromatic rings. The van der Waals surface area contributed by atoms with Gasteiger partial charge in [0.05, 0.1) is 6.61 Å². The van der Waals surface area contributed by atoms with Gasteiger partial charge in [-0.05, 0) is 61.6 Å². The fraction of sp³-hybridized carbons (Fsp3) is 0.393. The van der Waals surface area contributed by atoms with Crippen molar-refractivity contribution in [1.82, 2.24) is 14.9 Å². The van der Waals surface area contributed by atoms with Crippen LogP contribution in [0.5, 0.6) is 0 Å². The minimum absolute atomic E-state index is 0.0804. The van der Waals surface area contributed by atoms with Gasteiger partial charge in [0.2, 0.25) is 5.95 Å². The van der Waals surface area contributed by atoms with Gasteiger partial charge in [-0.2, -0.15) is 0 Å². The molecular formula is C28H30FN5O2. The summed E-state index contributed by atoms with van der Waals surface area (Å²) in [7, 11) is 3.73. The maximum absolute atomic E-state index is 14.7. The molecule has 1 N–H and O–H groups in total. The largest absolute Gasteiger partial charge is 0.395 e. The van der Waals surface area contributed by atoms with E-state index >= 15 is 0 Å². The molecule has 7 nitrogen and oxygen atoms in total. The molecule has 2 saturated carbocycles. The second-order valence-electron chi connectivity index (χ2n) is 10.3. The van der Waals surface area contributed by atoms with Crippen LogP contribution in [-0.2, 0) is 5.41 Å². The molecule has 2 aromatic carbocycles. The molecule has 2 aliphatic carbocycles. The fourth-order valence-corrected chi connectivity index (χ4v) is 5.26. The lowest BCUT2D eigenvalue weighted by Crippen LogP contribution is -2.29. The third-order valence-electron chi connectivity index (χ3n) is 7.85. The average Bonchev–Trinajstić information content (AvgIpc) is 3.82. The number of nitrogens with zero attached hydrogens (tertiary/aromatic N) is 5. The Morgan fingerprint density at radius 3 is 2.56 bits per heavy atom. The molecular weight excluding hydrogens is 457 g/mol. The summed E-state index contributed by atoms with van der Waals surface area (Å²) in [6.45, 7) is 0.965. The van der Waals surface area contributed by atoms with Crippen LogP contribution in [0.2, 0.25) is 0 Å². The van der Waals surface area contributed by atoms with Crippen LogP contribution in [0.15, 0.2) is 48.8 Å². The van der Waals surface area contributed by atoms with E-state index in [0.717, 1.165) is 30.8 Å². The predicted octanol–water partition coefficient (Wildman–Crippen LogP) is 4.13. The minimum atomic E-state index is -0.294. The van der Waals surface area contributed by atoms with Crippen molar-refractivity contribution in [2.24, 2.45) is 0 Å². The Bertz CT molecular complexity index is 1320. The number of rotatable bonds is 7. The Hall–Kier alpha value is -3.52. The smallest absolute Gasteiger partial charge is 0.253 e. The summed E-state index contributed by atoms with van der Waals surface area (Å²) in [5.74, 6) is 0.119. The summed E-state index contributed by atoms with van der Waals surface area (Å²) in [5, 5.41) is 9.20. The lowest BCUT2D eigenvalue weighted by molar-refractivity contribution is 0.0767. The van der Waals surface area contributed by atoms with Crippen molar-refractivity contribution in [2.45, 2.75) is 37.1 Å². The molecule has 2 heterocycles. The van der Waals surface area contributed by atoms with E-state index in [4.69, 9.17) is 0 Å². The van der Waals surface area contributed by atoms with Gasteiger partial charge in [-0.3, -0.25) is 4.79 Å². The molecule has 8 heteroatoms. The summed E-state index contributed by atoms with van der Waals surface area (Å²) < 4.78 is 14.7. The number of amides is 1. The van der Waals surface area contributed by atoms with Crippen molar-refractivity contribution in [3.05, 3.63) is 65.7 Å². The first kappa shape index (κ1) is 22.9. The number of aromatic nitrogens is 2. The summed E-state index contributed by atoms with van der Waals surface area (Å²) >= 11 is 0. The van der Waals surface area contributed by atoms with Crippen molar-refractivity contribution in [3.8, 4) is 11.1 Å². The van der Waals surface area contributed by atoms with Crippen molar-refractivity contribution in [2.75, 3.05) is 43.6 Å². The molecule has 0 bridgehead atoms. The molecule has 186 valence electrons. The van der Waals surface area contributed by atoms with Crippen LogP contribution in [-0.4, -0.2) is 65.7 Å². The highest BCUT2D eigenvalue weighted by molar-refractivity contribution is 5.96. The molecule has 0 atom stereocenters. The van der Waals surface area contributed by atoms with Crippen LogP contribution in [0.3, 0.4) is 0 Å². The van der Waals surface area contributed by atoms with Gasteiger partial charge in [0.25, 0.3) is 5.91 Å². The number of halogens is 1. The van der Waals surface area contributed by atoms with Gasteiger partial charge in [-0.1, -0.05) is 6.07 Å². The number of carbonyl (C=O) groups is 1. The summed E-state index contributed by atoms with van der Waals surface area (Å²) in [6.07, 6.45) is 7.90. The topological polar surface area (TPSA) is 72.8 Å². The fourth-order valence-electron chi connectivity index (χ4n) is 5.26. The molecule has 1 amide bonds. The molecule has 2 fully saturated rings. The van der Waals surface area contributed by atoms with Gasteiger partial charge in [-0.25, -0.2) is 14.4 Å². The van der Waals surface area contributed by atoms with Crippen LogP contribution < -0.4 is 9.80 Å². The van der Waals surface area contributed by atoms with E-state index in [1.807, 2.05) is 37.4 Å². The van der Waals surface area contributed by atoms with Crippen molar-refractivity contribution < 1.29 is 14.3 Å². The highest BCUT2D eigenvalue weighted by atomic mass is 19.1. The maximum atomic E-state index is 14.7. The zero-order valence-electron chi connectivity index (χ0n) is 20.6. The number of aliphatic hydroxyl groups is 1. The van der Waals surface area contributed by atoms with Gasteiger partial charge < -0.3 is 19.8 Å². The van der Waals surface area contributed by atoms with Crippen molar-refractivity contribution >= 4 is 23.2 Å². The third-order valence-corrected chi connectivity index (χ3v) is 7.85. The number of aliphatic hydroxyl groups excluding tert-OH is 1. The number of carbonyl (C=O) groups excluding carboxylic acids is 1. The molecule has 1 spiro atoms. The van der Waals surface area contributed by atoms with Crippen LogP contribution in [0.25, 0.3) is 11.1 Å². The van der Waals surface area contributed by atoms with E-state index in [9.17, 15) is 14.3 Å². The first-order valence-corrected chi connectivity index (χ1v) is 12.5. The average molecular weight is 488 g/mol. The Morgan fingerprint density at radius 2 is 1.89 bits per heavy atom. The highest BCUT2D eigenvalue weighted by Crippen LogP contribution is 2.57. The molecule has 1 aliphatic heterocycles. The van der Waals surface area contributed by atoms with Gasteiger partial charge in [0.15, 0.2) is 0 Å². The lowest BCUT2D eigenvalue weighted by Gasteiger charge is -2.20. The molecule has 3 aliphatic rings. The molecule has 0 saturated heterocycles. The lowest BCUT2D eigenvalue weighted by atomic mass is 9.97. The van der Waals surface area contributed by atoms with Gasteiger partial charge >= 0.3 is 0 Å². The van der Waals surface area contributed by atoms with Gasteiger partial charge in [0.1, 0.15) is 5.82 Å². The number of anilines is 3. The maximum Gasteiger partial charge on any atom is 0.253 e. The van der Waals surface area contributed by atoms with E-state index < -0.39 is 0 Å². The predicted molar refractivity (Wildman–Crippen MR) is 137 cm³/mol. The van der Waals surface area contributed by atoms with E-state index in [2.05, 4.69) is 19.8 Å². The van der Waals surface area contributed by atoms with Crippen molar-refractivity contribution in [3.63, 3.8) is 0 Å². The standard InChI is InChI=1S/C28H30FN5O2/c1-32(11-12-35)26(36)18-3-7-23-25(13-18)34(17-28(23)9-10-28)27-30-15-19(16-31-27)22-14-21(6-8-24(22)29)33(2)20-4-5-20/h3,6-8,13-16,20,35H,4-5,9-12,17H2,1-2H3. The van der Waals surface area contributed by atoms with Crippen LogP contribution >= 0.6 is 0 Å². The highest BCUT2D eigenvalue weighted by Gasteiger charge is 2.52. The quantitative estimate of drug-likeness (QED) is 0.540. The second-order valence-corrected chi connectivity index (χ2v) is 10.3. The second kappa shape index (κ2) is 8.55. The molecule has 36 heavy (non-hydrogen) atoms. The summed E-state index contributed by atoms with van der Waals surface area (Å²) in [5.41, 5.74) is 4.95. The number of hydrogen-bond donors (Lipinski definition) is 1. The van der Waals surface area contributed by atoms with E-state index in [-0.39, 0.29) is 30.3 Å². The first-order chi connectivity index (χ1) is 17.4. The first-order valence-electron chi connectivity index (χ1n) is 12.5. The normalized spacial score (nSPS) is 17.3. The van der Waals surface area contributed by atoms with Gasteiger partial charge in [-0.15, -0.1) is 0 Å².